The Morgan fingerprint density at radius 1 is 0.286 bits per heavy atom. The molecular formula is C54H36N2. The normalized spacial score (nSPS) is 11.6. The summed E-state index contributed by atoms with van der Waals surface area (Å²) in [5.41, 5.74) is 11.6. The Balaban J connectivity index is 1.22. The van der Waals surface area contributed by atoms with Gasteiger partial charge in [0.15, 0.2) is 0 Å². The Morgan fingerprint density at radius 2 is 0.768 bits per heavy atom. The predicted octanol–water partition coefficient (Wildman–Crippen LogP) is 15.0. The van der Waals surface area contributed by atoms with Crippen molar-refractivity contribution in [2.75, 3.05) is 4.90 Å². The van der Waals surface area contributed by atoms with Gasteiger partial charge in [-0.2, -0.15) is 0 Å². The van der Waals surface area contributed by atoms with Crippen LogP contribution in [0.2, 0.25) is 0 Å². The van der Waals surface area contributed by atoms with Gasteiger partial charge in [0, 0.05) is 27.4 Å². The summed E-state index contributed by atoms with van der Waals surface area (Å²) >= 11 is 0. The predicted molar refractivity (Wildman–Crippen MR) is 239 cm³/mol. The van der Waals surface area contributed by atoms with Gasteiger partial charge in [0.1, 0.15) is 0 Å². The molecule has 0 aliphatic carbocycles. The third-order valence-electron chi connectivity index (χ3n) is 11.4. The fourth-order valence-electron chi connectivity index (χ4n) is 8.94. The number of fused-ring (bicyclic) bond motifs is 9. The highest BCUT2D eigenvalue weighted by atomic mass is 15.2. The van der Waals surface area contributed by atoms with Crippen LogP contribution in [0.1, 0.15) is 0 Å². The Bertz CT molecular complexity index is 3190. The van der Waals surface area contributed by atoms with Gasteiger partial charge in [-0.05, 0) is 86.1 Å². The van der Waals surface area contributed by atoms with E-state index in [4.69, 9.17) is 0 Å². The SMILES string of the molecule is c1ccc(-c2ccc(N(c3ccccc3-c3ccccc3)c3cccc4c3c3ccccc3n4-c3cccc4c5ccccc5c5ccccc5c34)cc2)cc1. The van der Waals surface area contributed by atoms with E-state index >= 15 is 0 Å². The molecule has 0 fully saturated rings. The highest BCUT2D eigenvalue weighted by molar-refractivity contribution is 6.28. The number of nitrogens with zero attached hydrogens (tertiary/aromatic N) is 2. The molecule has 0 saturated heterocycles. The van der Waals surface area contributed by atoms with Crippen LogP contribution in [-0.2, 0) is 0 Å². The first-order valence-electron chi connectivity index (χ1n) is 19.3. The summed E-state index contributed by atoms with van der Waals surface area (Å²) in [5, 5.41) is 10.0. The average molecular weight is 713 g/mol. The zero-order chi connectivity index (χ0) is 37.0. The van der Waals surface area contributed by atoms with E-state index in [-0.39, 0.29) is 0 Å². The molecule has 10 aromatic carbocycles. The molecule has 56 heavy (non-hydrogen) atoms. The van der Waals surface area contributed by atoms with Crippen LogP contribution in [0.3, 0.4) is 0 Å². The van der Waals surface area contributed by atoms with Crippen LogP contribution in [0.25, 0.3) is 82.1 Å². The van der Waals surface area contributed by atoms with Crippen molar-refractivity contribution in [3.8, 4) is 27.9 Å². The second-order valence-corrected chi connectivity index (χ2v) is 14.4. The van der Waals surface area contributed by atoms with Crippen molar-refractivity contribution < 1.29 is 0 Å². The van der Waals surface area contributed by atoms with E-state index in [1.165, 1.54) is 76.5 Å². The Morgan fingerprint density at radius 3 is 1.48 bits per heavy atom. The molecular weight excluding hydrogens is 677 g/mol. The smallest absolute Gasteiger partial charge is 0.0562 e. The van der Waals surface area contributed by atoms with Gasteiger partial charge in [0.05, 0.1) is 28.1 Å². The molecule has 0 N–H and O–H groups in total. The first kappa shape index (κ1) is 32.0. The summed E-state index contributed by atoms with van der Waals surface area (Å²) in [6.07, 6.45) is 0. The lowest BCUT2D eigenvalue weighted by Crippen LogP contribution is -2.11. The second kappa shape index (κ2) is 13.2. The molecule has 0 spiro atoms. The topological polar surface area (TPSA) is 8.17 Å². The van der Waals surface area contributed by atoms with Crippen molar-refractivity contribution in [2.24, 2.45) is 0 Å². The van der Waals surface area contributed by atoms with E-state index in [0.717, 1.165) is 22.6 Å². The van der Waals surface area contributed by atoms with Gasteiger partial charge in [0.25, 0.3) is 0 Å². The van der Waals surface area contributed by atoms with Crippen molar-refractivity contribution in [1.82, 2.24) is 4.57 Å². The molecule has 1 aromatic heterocycles. The average Bonchev–Trinajstić information content (AvgIpc) is 3.62. The van der Waals surface area contributed by atoms with Gasteiger partial charge in [-0.25, -0.2) is 0 Å². The lowest BCUT2D eigenvalue weighted by Gasteiger charge is -2.29. The van der Waals surface area contributed by atoms with E-state index in [0.29, 0.717) is 0 Å². The van der Waals surface area contributed by atoms with Crippen LogP contribution >= 0.6 is 0 Å². The van der Waals surface area contributed by atoms with E-state index in [2.05, 4.69) is 228 Å². The first-order valence-corrected chi connectivity index (χ1v) is 19.3. The van der Waals surface area contributed by atoms with Crippen LogP contribution in [-0.4, -0.2) is 4.57 Å². The Hall–Kier alpha value is -7.42. The zero-order valence-electron chi connectivity index (χ0n) is 30.7. The minimum Gasteiger partial charge on any atom is -0.309 e. The highest BCUT2D eigenvalue weighted by Crippen LogP contribution is 2.48. The van der Waals surface area contributed by atoms with Crippen LogP contribution in [0.4, 0.5) is 17.1 Å². The van der Waals surface area contributed by atoms with Crippen LogP contribution in [0.15, 0.2) is 218 Å². The number of rotatable bonds is 6. The van der Waals surface area contributed by atoms with Crippen LogP contribution < -0.4 is 4.90 Å². The summed E-state index contributed by atoms with van der Waals surface area (Å²) in [6.45, 7) is 0. The lowest BCUT2D eigenvalue weighted by atomic mass is 9.93. The van der Waals surface area contributed by atoms with E-state index < -0.39 is 0 Å². The van der Waals surface area contributed by atoms with Crippen molar-refractivity contribution in [3.05, 3.63) is 218 Å². The maximum absolute atomic E-state index is 2.50. The number of benzene rings is 10. The summed E-state index contributed by atoms with van der Waals surface area (Å²) in [6, 6.07) is 79.4. The maximum atomic E-state index is 2.50. The fourth-order valence-corrected chi connectivity index (χ4v) is 8.94. The van der Waals surface area contributed by atoms with Crippen molar-refractivity contribution >= 4 is 71.2 Å². The van der Waals surface area contributed by atoms with Crippen molar-refractivity contribution in [1.29, 1.82) is 0 Å². The van der Waals surface area contributed by atoms with Gasteiger partial charge >= 0.3 is 0 Å². The van der Waals surface area contributed by atoms with Crippen molar-refractivity contribution in [2.45, 2.75) is 0 Å². The number of anilines is 3. The molecule has 0 radical (unpaired) electrons. The van der Waals surface area contributed by atoms with E-state index in [9.17, 15) is 0 Å². The molecule has 11 rings (SSSR count). The summed E-state index contributed by atoms with van der Waals surface area (Å²) in [4.78, 5) is 2.46. The van der Waals surface area contributed by atoms with E-state index in [1.807, 2.05) is 0 Å². The third kappa shape index (κ3) is 5.04. The van der Waals surface area contributed by atoms with Gasteiger partial charge in [-0.3, -0.25) is 0 Å². The van der Waals surface area contributed by atoms with Gasteiger partial charge < -0.3 is 9.47 Å². The molecule has 2 heteroatoms. The summed E-state index contributed by atoms with van der Waals surface area (Å²) in [5.74, 6) is 0. The number of para-hydroxylation sites is 2. The zero-order valence-corrected chi connectivity index (χ0v) is 30.7. The van der Waals surface area contributed by atoms with Gasteiger partial charge in [0.2, 0.25) is 0 Å². The highest BCUT2D eigenvalue weighted by Gasteiger charge is 2.24. The second-order valence-electron chi connectivity index (χ2n) is 14.4. The molecule has 0 saturated carbocycles. The fraction of sp³-hybridized carbons (Fsp3) is 0. The molecule has 0 aliphatic rings. The molecule has 1 heterocycles. The monoisotopic (exact) mass is 712 g/mol. The Kier molecular flexibility index (Phi) is 7.53. The van der Waals surface area contributed by atoms with Crippen LogP contribution in [0, 0.1) is 0 Å². The lowest BCUT2D eigenvalue weighted by molar-refractivity contribution is 1.20. The number of hydrogen-bond acceptors (Lipinski definition) is 1. The Labute approximate surface area is 325 Å². The molecule has 0 amide bonds. The summed E-state index contributed by atoms with van der Waals surface area (Å²) < 4.78 is 2.50. The standard InChI is InChI=1S/C54H36N2/c1-3-17-37(18-4-1)38-33-35-40(36-34-38)55(48-28-13-11-21-41(48)39-19-5-2-6-20-39)51-31-16-32-52-54(51)47-26-12-14-29-49(47)56(52)50-30-15-27-46-44-23-8-7-22-42(44)43-24-9-10-25-45(43)53(46)50/h1-36H. The van der Waals surface area contributed by atoms with Gasteiger partial charge in [-0.15, -0.1) is 0 Å². The molecule has 0 unspecified atom stereocenters. The molecule has 0 aliphatic heterocycles. The molecule has 0 atom stereocenters. The molecule has 262 valence electrons. The van der Waals surface area contributed by atoms with Crippen LogP contribution in [0.5, 0.6) is 0 Å². The largest absolute Gasteiger partial charge is 0.309 e. The number of aromatic nitrogens is 1. The van der Waals surface area contributed by atoms with Gasteiger partial charge in [-0.1, -0.05) is 176 Å². The maximum Gasteiger partial charge on any atom is 0.0562 e. The summed E-state index contributed by atoms with van der Waals surface area (Å²) in [7, 11) is 0. The van der Waals surface area contributed by atoms with Crippen molar-refractivity contribution in [3.63, 3.8) is 0 Å². The first-order chi connectivity index (χ1) is 27.8. The molecule has 11 aromatic rings. The number of hydrogen-bond donors (Lipinski definition) is 0. The van der Waals surface area contributed by atoms with E-state index in [1.54, 1.807) is 0 Å². The third-order valence-corrected chi connectivity index (χ3v) is 11.4. The quantitative estimate of drug-likeness (QED) is 0.156. The molecule has 2 nitrogen and oxygen atoms in total. The minimum atomic E-state index is 1.10. The molecule has 0 bridgehead atoms. The minimum absolute atomic E-state index is 1.10.